The van der Waals surface area contributed by atoms with Crippen LogP contribution in [0.15, 0.2) is 18.2 Å². The average Bonchev–Trinajstić information content (AvgIpc) is 2.35. The Labute approximate surface area is 107 Å². The maximum atomic E-state index is 11.2. The van der Waals surface area contributed by atoms with Crippen LogP contribution >= 0.6 is 0 Å². The second-order valence-corrected chi connectivity index (χ2v) is 3.83. The molecule has 0 aliphatic heterocycles. The summed E-state index contributed by atoms with van der Waals surface area (Å²) in [6.45, 7) is 4.41. The zero-order chi connectivity index (χ0) is 13.4. The lowest BCUT2D eigenvalue weighted by Crippen LogP contribution is -2.38. The van der Waals surface area contributed by atoms with Crippen LogP contribution in [0.2, 0.25) is 0 Å². The van der Waals surface area contributed by atoms with Gasteiger partial charge in [0.1, 0.15) is 5.75 Å². The van der Waals surface area contributed by atoms with Crippen molar-refractivity contribution in [1.29, 1.82) is 5.26 Å². The molecule has 0 atom stereocenters. The molecule has 0 spiro atoms. The molecular weight excluding hydrogens is 230 g/mol. The first-order chi connectivity index (χ1) is 8.65. The minimum Gasteiger partial charge on any atom is -0.473 e. The van der Waals surface area contributed by atoms with Crippen LogP contribution in [-0.4, -0.2) is 19.3 Å². The van der Waals surface area contributed by atoms with E-state index in [1.54, 1.807) is 0 Å². The lowest BCUT2D eigenvalue weighted by atomic mass is 10.1. The molecule has 1 rings (SSSR count). The van der Waals surface area contributed by atoms with E-state index in [4.69, 9.17) is 10.00 Å². The number of aryl methyl sites for hydroxylation is 1. The van der Waals surface area contributed by atoms with E-state index in [2.05, 4.69) is 10.6 Å². The fourth-order valence-electron chi connectivity index (χ4n) is 1.35. The smallest absolute Gasteiger partial charge is 0.317 e. The molecule has 0 aromatic heterocycles. The van der Waals surface area contributed by atoms with Crippen molar-refractivity contribution in [2.75, 3.05) is 13.3 Å². The van der Waals surface area contributed by atoms with Crippen molar-refractivity contribution in [3.63, 3.8) is 0 Å². The lowest BCUT2D eigenvalue weighted by molar-refractivity contribution is 0.224. The van der Waals surface area contributed by atoms with Gasteiger partial charge in [-0.15, -0.1) is 0 Å². The van der Waals surface area contributed by atoms with Gasteiger partial charge in [-0.3, -0.25) is 0 Å². The fourth-order valence-corrected chi connectivity index (χ4v) is 1.35. The fraction of sp³-hybridized carbons (Fsp3) is 0.385. The Morgan fingerprint density at radius 3 is 2.89 bits per heavy atom. The number of nitriles is 1. The molecule has 1 aromatic rings. The quantitative estimate of drug-likeness (QED) is 0.616. The number of hydrogen-bond acceptors (Lipinski definition) is 3. The van der Waals surface area contributed by atoms with Gasteiger partial charge in [0.2, 0.25) is 0 Å². The van der Waals surface area contributed by atoms with Crippen LogP contribution in [0.5, 0.6) is 5.75 Å². The van der Waals surface area contributed by atoms with Gasteiger partial charge >= 0.3 is 6.03 Å². The van der Waals surface area contributed by atoms with Crippen LogP contribution in [0, 0.1) is 25.2 Å². The molecule has 0 fully saturated rings. The molecule has 0 saturated heterocycles. The average molecular weight is 247 g/mol. The maximum Gasteiger partial charge on any atom is 0.317 e. The second kappa shape index (κ2) is 7.17. The summed E-state index contributed by atoms with van der Waals surface area (Å²) in [5.41, 5.74) is 2.20. The molecule has 0 unspecified atom stereocenters. The molecule has 1 aromatic carbocycles. The third-order valence-electron chi connectivity index (χ3n) is 2.54. The molecule has 5 heteroatoms. The Balaban J connectivity index is 2.31. The number of carbonyl (C=O) groups excluding carboxylic acids is 1. The standard InChI is InChI=1S/C13H17N3O2/c1-10-5-3-6-12(11(10)2)18-9-16-13(17)15-8-4-7-14/h3,5-6H,4,8-9H2,1-2H3,(H2,15,16,17). The molecular formula is C13H17N3O2. The highest BCUT2D eigenvalue weighted by atomic mass is 16.5. The van der Waals surface area contributed by atoms with Gasteiger partial charge in [0.15, 0.2) is 6.73 Å². The van der Waals surface area contributed by atoms with Crippen LogP contribution in [0.25, 0.3) is 0 Å². The molecule has 0 saturated carbocycles. The molecule has 2 amide bonds. The van der Waals surface area contributed by atoms with Crippen molar-refractivity contribution in [2.24, 2.45) is 0 Å². The van der Waals surface area contributed by atoms with Gasteiger partial charge in [-0.1, -0.05) is 12.1 Å². The third-order valence-corrected chi connectivity index (χ3v) is 2.54. The highest BCUT2D eigenvalue weighted by Gasteiger charge is 2.02. The van der Waals surface area contributed by atoms with E-state index in [1.165, 1.54) is 0 Å². The van der Waals surface area contributed by atoms with Gasteiger partial charge in [-0.25, -0.2) is 4.79 Å². The van der Waals surface area contributed by atoms with E-state index in [9.17, 15) is 4.79 Å². The number of ether oxygens (including phenoxy) is 1. The van der Waals surface area contributed by atoms with E-state index < -0.39 is 0 Å². The number of benzene rings is 1. The molecule has 5 nitrogen and oxygen atoms in total. The molecule has 18 heavy (non-hydrogen) atoms. The number of nitrogens with zero attached hydrogens (tertiary/aromatic N) is 1. The summed E-state index contributed by atoms with van der Waals surface area (Å²) >= 11 is 0. The molecule has 0 bridgehead atoms. The van der Waals surface area contributed by atoms with Crippen LogP contribution in [0.4, 0.5) is 4.79 Å². The van der Waals surface area contributed by atoms with Crippen LogP contribution in [0.3, 0.4) is 0 Å². The number of rotatable bonds is 5. The molecule has 0 radical (unpaired) electrons. The topological polar surface area (TPSA) is 74.2 Å². The SMILES string of the molecule is Cc1cccc(OCNC(=O)NCCC#N)c1C. The number of amides is 2. The van der Waals surface area contributed by atoms with Crippen LogP contribution < -0.4 is 15.4 Å². The summed E-state index contributed by atoms with van der Waals surface area (Å²) in [6.07, 6.45) is 0.297. The first kappa shape index (κ1) is 13.8. The Bertz CT molecular complexity index is 452. The summed E-state index contributed by atoms with van der Waals surface area (Å²) in [5.74, 6) is 0.757. The Morgan fingerprint density at radius 2 is 2.17 bits per heavy atom. The van der Waals surface area contributed by atoms with Crippen LogP contribution in [0.1, 0.15) is 17.5 Å². The number of hydrogen-bond donors (Lipinski definition) is 2. The summed E-state index contributed by atoms with van der Waals surface area (Å²) in [4.78, 5) is 11.2. The highest BCUT2D eigenvalue weighted by Crippen LogP contribution is 2.19. The van der Waals surface area contributed by atoms with E-state index in [0.29, 0.717) is 13.0 Å². The summed E-state index contributed by atoms with van der Waals surface area (Å²) in [5, 5.41) is 13.4. The van der Waals surface area contributed by atoms with Crippen molar-refractivity contribution in [1.82, 2.24) is 10.6 Å². The van der Waals surface area contributed by atoms with Gasteiger partial charge in [-0.2, -0.15) is 5.26 Å². The molecule has 0 aliphatic rings. The zero-order valence-corrected chi connectivity index (χ0v) is 10.6. The van der Waals surface area contributed by atoms with Crippen molar-refractivity contribution < 1.29 is 9.53 Å². The number of carbonyl (C=O) groups is 1. The summed E-state index contributed by atoms with van der Waals surface area (Å²) < 4.78 is 5.46. The lowest BCUT2D eigenvalue weighted by Gasteiger charge is -2.11. The molecule has 0 heterocycles. The van der Waals surface area contributed by atoms with E-state index in [1.807, 2.05) is 38.1 Å². The largest absolute Gasteiger partial charge is 0.473 e. The molecule has 2 N–H and O–H groups in total. The monoisotopic (exact) mass is 247 g/mol. The van der Waals surface area contributed by atoms with Gasteiger partial charge in [0, 0.05) is 6.54 Å². The van der Waals surface area contributed by atoms with Gasteiger partial charge < -0.3 is 15.4 Å². The van der Waals surface area contributed by atoms with E-state index in [-0.39, 0.29) is 12.8 Å². The minimum absolute atomic E-state index is 0.0999. The highest BCUT2D eigenvalue weighted by molar-refractivity contribution is 5.73. The Kier molecular flexibility index (Phi) is 5.52. The maximum absolute atomic E-state index is 11.2. The molecule has 0 aliphatic carbocycles. The normalized spacial score (nSPS) is 9.39. The first-order valence-electron chi connectivity index (χ1n) is 5.73. The van der Waals surface area contributed by atoms with E-state index >= 15 is 0 Å². The minimum atomic E-state index is -0.337. The number of urea groups is 1. The third kappa shape index (κ3) is 4.34. The van der Waals surface area contributed by atoms with Crippen molar-refractivity contribution in [2.45, 2.75) is 20.3 Å². The van der Waals surface area contributed by atoms with Crippen molar-refractivity contribution >= 4 is 6.03 Å². The predicted octanol–water partition coefficient (Wildman–Crippen LogP) is 1.85. The summed E-state index contributed by atoms with van der Waals surface area (Å²) in [7, 11) is 0. The summed E-state index contributed by atoms with van der Waals surface area (Å²) in [6, 6.07) is 7.38. The van der Waals surface area contributed by atoms with Gasteiger partial charge in [-0.05, 0) is 31.0 Å². The van der Waals surface area contributed by atoms with E-state index in [0.717, 1.165) is 16.9 Å². The zero-order valence-electron chi connectivity index (χ0n) is 10.6. The van der Waals surface area contributed by atoms with Gasteiger partial charge in [0.25, 0.3) is 0 Å². The van der Waals surface area contributed by atoms with Gasteiger partial charge in [0.05, 0.1) is 12.5 Å². The second-order valence-electron chi connectivity index (χ2n) is 3.83. The van der Waals surface area contributed by atoms with Crippen molar-refractivity contribution in [3.8, 4) is 11.8 Å². The number of nitrogens with one attached hydrogen (secondary N) is 2. The Hall–Kier alpha value is -2.22. The first-order valence-corrected chi connectivity index (χ1v) is 5.73. The Morgan fingerprint density at radius 1 is 1.39 bits per heavy atom. The predicted molar refractivity (Wildman–Crippen MR) is 68.2 cm³/mol. The van der Waals surface area contributed by atoms with Crippen LogP contribution in [-0.2, 0) is 0 Å². The molecule has 96 valence electrons. The van der Waals surface area contributed by atoms with Crippen molar-refractivity contribution in [3.05, 3.63) is 29.3 Å².